The van der Waals surface area contributed by atoms with Crippen LogP contribution in [0.15, 0.2) is 36.5 Å². The van der Waals surface area contributed by atoms with Crippen LogP contribution in [0.3, 0.4) is 0 Å². The molecule has 5 nitrogen and oxygen atoms in total. The Hall–Kier alpha value is -2.84. The lowest BCUT2D eigenvalue weighted by Gasteiger charge is -2.41. The molecule has 0 saturated carbocycles. The van der Waals surface area contributed by atoms with Crippen LogP contribution in [0.1, 0.15) is 36.8 Å². The molecule has 0 radical (unpaired) electrons. The molecular formula is C28H33F3N2O3. The Morgan fingerprint density at radius 2 is 1.89 bits per heavy atom. The Bertz CT molecular complexity index is 1200. The van der Waals surface area contributed by atoms with Crippen molar-refractivity contribution in [1.82, 2.24) is 9.88 Å². The topological polar surface area (TPSA) is 54.8 Å². The van der Waals surface area contributed by atoms with Gasteiger partial charge >= 0.3 is 0 Å². The molecule has 3 aromatic rings. The van der Waals surface area contributed by atoms with E-state index in [0.29, 0.717) is 12.6 Å². The van der Waals surface area contributed by atoms with Gasteiger partial charge in [-0.25, -0.2) is 8.78 Å². The monoisotopic (exact) mass is 502 g/mol. The largest absolute Gasteiger partial charge is 0.497 e. The highest BCUT2D eigenvalue weighted by atomic mass is 19.2. The Morgan fingerprint density at radius 1 is 1.11 bits per heavy atom. The van der Waals surface area contributed by atoms with Gasteiger partial charge in [-0.15, -0.1) is 0 Å². The highest BCUT2D eigenvalue weighted by Crippen LogP contribution is 2.37. The first-order valence-corrected chi connectivity index (χ1v) is 12.4. The SMILES string of the molecule is COc1ccc2ncc(C)c(CCCC3(CO)CCN(CCOc4cc(F)cc(F)c4F)CC3)c2c1. The molecule has 0 spiro atoms. The molecule has 194 valence electrons. The molecule has 0 amide bonds. The maximum atomic E-state index is 13.8. The fourth-order valence-electron chi connectivity index (χ4n) is 5.09. The summed E-state index contributed by atoms with van der Waals surface area (Å²) in [6, 6.07) is 7.29. The number of likely N-dealkylation sites (tertiary alicyclic amines) is 1. The minimum absolute atomic E-state index is 0.129. The van der Waals surface area contributed by atoms with Crippen molar-refractivity contribution in [3.8, 4) is 11.5 Å². The van der Waals surface area contributed by atoms with Crippen molar-refractivity contribution in [2.75, 3.05) is 40.0 Å². The van der Waals surface area contributed by atoms with Crippen LogP contribution in [0.2, 0.25) is 0 Å². The van der Waals surface area contributed by atoms with Gasteiger partial charge in [0.15, 0.2) is 11.6 Å². The molecule has 0 aliphatic carbocycles. The quantitative estimate of drug-likeness (QED) is 0.374. The lowest BCUT2D eigenvalue weighted by molar-refractivity contribution is 0.0314. The number of aryl methyl sites for hydroxylation is 2. The van der Waals surface area contributed by atoms with Crippen LogP contribution in [-0.4, -0.2) is 54.9 Å². The number of benzene rings is 2. The number of hydrogen-bond donors (Lipinski definition) is 1. The molecule has 0 unspecified atom stereocenters. The van der Waals surface area contributed by atoms with Gasteiger partial charge in [0.1, 0.15) is 18.2 Å². The molecule has 1 N–H and O–H groups in total. The molecule has 2 heterocycles. The first-order chi connectivity index (χ1) is 17.3. The number of halogens is 3. The van der Waals surface area contributed by atoms with Gasteiger partial charge in [0, 0.05) is 36.9 Å². The fourth-order valence-corrected chi connectivity index (χ4v) is 5.09. The minimum atomic E-state index is -1.26. The Morgan fingerprint density at radius 3 is 2.61 bits per heavy atom. The Kier molecular flexibility index (Phi) is 8.36. The lowest BCUT2D eigenvalue weighted by atomic mass is 9.75. The van der Waals surface area contributed by atoms with Gasteiger partial charge in [0.05, 0.1) is 12.6 Å². The maximum Gasteiger partial charge on any atom is 0.200 e. The van der Waals surface area contributed by atoms with Crippen LogP contribution >= 0.6 is 0 Å². The number of aliphatic hydroxyl groups excluding tert-OH is 1. The molecule has 0 atom stereocenters. The summed E-state index contributed by atoms with van der Waals surface area (Å²) in [5.74, 6) is -2.91. The second kappa shape index (κ2) is 11.5. The van der Waals surface area contributed by atoms with Crippen molar-refractivity contribution >= 4 is 10.9 Å². The molecular weight excluding hydrogens is 469 g/mol. The molecule has 8 heteroatoms. The van der Waals surface area contributed by atoms with Crippen LogP contribution in [0, 0.1) is 29.8 Å². The van der Waals surface area contributed by atoms with E-state index in [1.165, 1.54) is 5.56 Å². The van der Waals surface area contributed by atoms with Gasteiger partial charge in [0.2, 0.25) is 5.82 Å². The van der Waals surface area contributed by atoms with Gasteiger partial charge in [-0.3, -0.25) is 9.88 Å². The zero-order chi connectivity index (χ0) is 25.7. The summed E-state index contributed by atoms with van der Waals surface area (Å²) in [6.07, 6.45) is 6.36. The Labute approximate surface area is 209 Å². The third-order valence-corrected chi connectivity index (χ3v) is 7.41. The number of aliphatic hydroxyl groups is 1. The molecule has 0 bridgehead atoms. The van der Waals surface area contributed by atoms with Gasteiger partial charge in [-0.1, -0.05) is 0 Å². The molecule has 36 heavy (non-hydrogen) atoms. The van der Waals surface area contributed by atoms with E-state index in [1.54, 1.807) is 7.11 Å². The number of methoxy groups -OCH3 is 1. The first-order valence-electron chi connectivity index (χ1n) is 12.4. The predicted molar refractivity (Wildman–Crippen MR) is 133 cm³/mol. The maximum absolute atomic E-state index is 13.8. The van der Waals surface area contributed by atoms with Crippen molar-refractivity contribution in [3.63, 3.8) is 0 Å². The van der Waals surface area contributed by atoms with Crippen LogP contribution in [0.25, 0.3) is 10.9 Å². The minimum Gasteiger partial charge on any atom is -0.497 e. The third kappa shape index (κ3) is 5.93. The normalized spacial score (nSPS) is 15.8. The molecule has 1 aliphatic rings. The molecule has 1 aliphatic heterocycles. The van der Waals surface area contributed by atoms with Gasteiger partial charge in [-0.05, 0) is 86.9 Å². The van der Waals surface area contributed by atoms with Gasteiger partial charge in [-0.2, -0.15) is 4.39 Å². The number of ether oxygens (including phenoxy) is 2. The smallest absolute Gasteiger partial charge is 0.200 e. The van der Waals surface area contributed by atoms with E-state index in [0.717, 1.165) is 73.5 Å². The van der Waals surface area contributed by atoms with Crippen LogP contribution in [0.4, 0.5) is 13.2 Å². The van der Waals surface area contributed by atoms with E-state index < -0.39 is 23.2 Å². The number of aromatic nitrogens is 1. The highest BCUT2D eigenvalue weighted by molar-refractivity contribution is 5.84. The van der Waals surface area contributed by atoms with E-state index in [4.69, 9.17) is 9.47 Å². The highest BCUT2D eigenvalue weighted by Gasteiger charge is 2.33. The summed E-state index contributed by atoms with van der Waals surface area (Å²) < 4.78 is 51.1. The van der Waals surface area contributed by atoms with E-state index in [2.05, 4.69) is 16.8 Å². The van der Waals surface area contributed by atoms with E-state index >= 15 is 0 Å². The summed E-state index contributed by atoms with van der Waals surface area (Å²) >= 11 is 0. The number of fused-ring (bicyclic) bond motifs is 1. The molecule has 1 fully saturated rings. The molecule has 1 aromatic heterocycles. The predicted octanol–water partition coefficient (Wildman–Crippen LogP) is 5.45. The van der Waals surface area contributed by atoms with E-state index in [-0.39, 0.29) is 18.6 Å². The van der Waals surface area contributed by atoms with Crippen molar-refractivity contribution in [3.05, 3.63) is 65.1 Å². The van der Waals surface area contributed by atoms with Crippen molar-refractivity contribution in [2.45, 2.75) is 39.0 Å². The zero-order valence-corrected chi connectivity index (χ0v) is 20.8. The number of rotatable bonds is 10. The van der Waals surface area contributed by atoms with Gasteiger partial charge < -0.3 is 14.6 Å². The average Bonchev–Trinajstić information content (AvgIpc) is 2.88. The third-order valence-electron chi connectivity index (χ3n) is 7.41. The molecule has 2 aromatic carbocycles. The van der Waals surface area contributed by atoms with Crippen LogP contribution in [-0.2, 0) is 6.42 Å². The van der Waals surface area contributed by atoms with Crippen molar-refractivity contribution in [2.24, 2.45) is 5.41 Å². The first kappa shape index (κ1) is 26.2. The average molecular weight is 503 g/mol. The van der Waals surface area contributed by atoms with Gasteiger partial charge in [0.25, 0.3) is 0 Å². The second-order valence-electron chi connectivity index (χ2n) is 9.70. The summed E-state index contributed by atoms with van der Waals surface area (Å²) in [5.41, 5.74) is 3.23. The number of nitrogens with zero attached hydrogens (tertiary/aromatic N) is 2. The van der Waals surface area contributed by atoms with E-state index in [1.807, 2.05) is 24.4 Å². The standard InChI is InChI=1S/C28H33F3N2O3/c1-19-17-32-25-6-5-21(35-2)16-23(25)22(19)4-3-7-28(18-34)8-10-33(11-9-28)12-13-36-26-15-20(29)14-24(30)27(26)31/h5-6,14-17,34H,3-4,7-13,18H2,1-2H3. The summed E-state index contributed by atoms with van der Waals surface area (Å²) in [7, 11) is 1.66. The molecule has 1 saturated heterocycles. The second-order valence-corrected chi connectivity index (χ2v) is 9.70. The van der Waals surface area contributed by atoms with Crippen molar-refractivity contribution in [1.29, 1.82) is 0 Å². The molecule has 4 rings (SSSR count). The number of piperidine rings is 1. The van der Waals surface area contributed by atoms with Crippen LogP contribution in [0.5, 0.6) is 11.5 Å². The van der Waals surface area contributed by atoms with Crippen LogP contribution < -0.4 is 9.47 Å². The summed E-state index contributed by atoms with van der Waals surface area (Å²) in [4.78, 5) is 6.72. The summed E-state index contributed by atoms with van der Waals surface area (Å²) in [5, 5.41) is 11.4. The summed E-state index contributed by atoms with van der Waals surface area (Å²) in [6.45, 7) is 4.41. The fraction of sp³-hybridized carbons (Fsp3) is 0.464. The van der Waals surface area contributed by atoms with E-state index in [9.17, 15) is 18.3 Å². The Balaban J connectivity index is 1.30. The lowest BCUT2D eigenvalue weighted by Crippen LogP contribution is -2.43. The van der Waals surface area contributed by atoms with Crippen molar-refractivity contribution < 1.29 is 27.8 Å². The number of pyridine rings is 1. The zero-order valence-electron chi connectivity index (χ0n) is 20.8. The number of hydrogen-bond acceptors (Lipinski definition) is 5.